The van der Waals surface area contributed by atoms with E-state index in [1.165, 1.54) is 25.2 Å². The van der Waals surface area contributed by atoms with Crippen molar-refractivity contribution in [2.24, 2.45) is 5.16 Å². The van der Waals surface area contributed by atoms with Crippen LogP contribution in [0.5, 0.6) is 0 Å². The van der Waals surface area contributed by atoms with Gasteiger partial charge in [-0.2, -0.15) is 15.0 Å². The Morgan fingerprint density at radius 2 is 2.00 bits per heavy atom. The smallest absolute Gasteiger partial charge is 0.289 e. The highest BCUT2D eigenvalue weighted by Gasteiger charge is 2.42. The number of nitriles is 1. The molecule has 25 heavy (non-hydrogen) atoms. The molecule has 2 aromatic carbocycles. The number of hydrogen-bond donors (Lipinski definition) is 0. The summed E-state index contributed by atoms with van der Waals surface area (Å²) in [5.41, 5.74) is 6.26. The minimum Gasteiger partial charge on any atom is -0.399 e. The van der Waals surface area contributed by atoms with Crippen molar-refractivity contribution in [2.45, 2.75) is 25.4 Å². The first kappa shape index (κ1) is 15.8. The summed E-state index contributed by atoms with van der Waals surface area (Å²) >= 11 is 0. The van der Waals surface area contributed by atoms with Gasteiger partial charge in [0.2, 0.25) is 6.29 Å². The fourth-order valence-corrected chi connectivity index (χ4v) is 3.30. The van der Waals surface area contributed by atoms with Crippen LogP contribution in [0.2, 0.25) is 0 Å². The van der Waals surface area contributed by atoms with Gasteiger partial charge in [0.05, 0.1) is 6.21 Å². The average molecular weight is 336 g/mol. The van der Waals surface area contributed by atoms with Crippen molar-refractivity contribution in [2.75, 3.05) is 7.11 Å². The fraction of sp³-hybridized carbons (Fsp3) is 0.263. The van der Waals surface area contributed by atoms with Gasteiger partial charge in [0.25, 0.3) is 5.79 Å². The van der Waals surface area contributed by atoms with Gasteiger partial charge in [0.1, 0.15) is 13.2 Å². The van der Waals surface area contributed by atoms with Gasteiger partial charge in [0.15, 0.2) is 0 Å². The van der Waals surface area contributed by atoms with E-state index in [1.807, 2.05) is 30.3 Å². The zero-order valence-electron chi connectivity index (χ0n) is 13.9. The topological polar surface area (TPSA) is 73.1 Å². The first-order valence-corrected chi connectivity index (χ1v) is 7.89. The number of ether oxygens (including phenoxy) is 1. The summed E-state index contributed by atoms with van der Waals surface area (Å²) in [6.45, 7) is 1.53. The first-order valence-electron chi connectivity index (χ1n) is 7.89. The van der Waals surface area contributed by atoms with Crippen LogP contribution in [0.15, 0.2) is 41.6 Å². The molecule has 0 bridgehead atoms. The van der Waals surface area contributed by atoms with E-state index in [1.54, 1.807) is 6.21 Å². The standard InChI is InChI=1S/C19H16N2O4/c1-19(11-20)23-18(24-25-19)15-8-4-6-13-9-12-5-3-7-14(10-21-22-2)16(12)17(13)15/h3-8,10,18H,9H2,1-2H3/b21-10+/t18-,19+/m0/s1. The summed E-state index contributed by atoms with van der Waals surface area (Å²) in [7, 11) is 1.51. The van der Waals surface area contributed by atoms with E-state index in [4.69, 9.17) is 19.3 Å². The summed E-state index contributed by atoms with van der Waals surface area (Å²) < 4.78 is 5.68. The van der Waals surface area contributed by atoms with E-state index in [9.17, 15) is 5.26 Å². The highest BCUT2D eigenvalue weighted by molar-refractivity contribution is 5.95. The van der Waals surface area contributed by atoms with Gasteiger partial charge >= 0.3 is 0 Å². The molecule has 1 heterocycles. The maximum Gasteiger partial charge on any atom is 0.289 e. The Hall–Kier alpha value is -2.72. The molecule has 1 aliphatic carbocycles. The number of nitrogens with zero attached hydrogens (tertiary/aromatic N) is 2. The van der Waals surface area contributed by atoms with Crippen molar-refractivity contribution in [3.8, 4) is 17.2 Å². The van der Waals surface area contributed by atoms with Crippen LogP contribution >= 0.6 is 0 Å². The Morgan fingerprint density at radius 3 is 2.72 bits per heavy atom. The molecule has 2 atom stereocenters. The number of fused-ring (bicyclic) bond motifs is 3. The molecule has 0 unspecified atom stereocenters. The molecule has 1 aliphatic heterocycles. The monoisotopic (exact) mass is 336 g/mol. The van der Waals surface area contributed by atoms with Crippen LogP contribution in [-0.4, -0.2) is 19.1 Å². The Morgan fingerprint density at radius 1 is 1.24 bits per heavy atom. The molecule has 0 N–H and O–H groups in total. The minimum atomic E-state index is -1.41. The van der Waals surface area contributed by atoms with Crippen molar-refractivity contribution >= 4 is 6.21 Å². The van der Waals surface area contributed by atoms with Crippen molar-refractivity contribution in [3.05, 3.63) is 58.7 Å². The minimum absolute atomic E-state index is 0.766. The largest absolute Gasteiger partial charge is 0.399 e. The normalized spacial score (nSPS) is 24.1. The number of hydrogen-bond acceptors (Lipinski definition) is 6. The van der Waals surface area contributed by atoms with Crippen LogP contribution in [0.25, 0.3) is 11.1 Å². The Labute approximate surface area is 145 Å². The van der Waals surface area contributed by atoms with Gasteiger partial charge in [-0.3, -0.25) is 4.74 Å². The lowest BCUT2D eigenvalue weighted by Gasteiger charge is -2.15. The molecule has 0 amide bonds. The molecule has 0 saturated carbocycles. The van der Waals surface area contributed by atoms with Crippen LogP contribution < -0.4 is 0 Å². The highest BCUT2D eigenvalue weighted by atomic mass is 17.3. The van der Waals surface area contributed by atoms with Gasteiger partial charge < -0.3 is 4.84 Å². The second-order valence-electron chi connectivity index (χ2n) is 6.04. The molecular weight excluding hydrogens is 320 g/mol. The number of oxime groups is 1. The predicted molar refractivity (Wildman–Crippen MR) is 89.3 cm³/mol. The summed E-state index contributed by atoms with van der Waals surface area (Å²) in [5, 5.41) is 13.1. The van der Waals surface area contributed by atoms with E-state index >= 15 is 0 Å². The Bertz CT molecular complexity index is 903. The van der Waals surface area contributed by atoms with Crippen molar-refractivity contribution < 1.29 is 19.3 Å². The molecule has 0 aromatic heterocycles. The van der Waals surface area contributed by atoms with E-state index in [2.05, 4.69) is 17.3 Å². The van der Waals surface area contributed by atoms with Crippen molar-refractivity contribution in [1.82, 2.24) is 0 Å². The quantitative estimate of drug-likeness (QED) is 0.416. The molecule has 1 fully saturated rings. The lowest BCUT2D eigenvalue weighted by molar-refractivity contribution is -0.312. The van der Waals surface area contributed by atoms with E-state index in [0.717, 1.165) is 28.7 Å². The summed E-state index contributed by atoms with van der Waals surface area (Å²) in [6.07, 6.45) is 1.74. The summed E-state index contributed by atoms with van der Waals surface area (Å²) in [6, 6.07) is 14.0. The van der Waals surface area contributed by atoms with E-state index in [0.29, 0.717) is 0 Å². The van der Waals surface area contributed by atoms with Crippen LogP contribution in [0.1, 0.15) is 35.5 Å². The molecule has 1 saturated heterocycles. The Kier molecular flexibility index (Phi) is 3.77. The van der Waals surface area contributed by atoms with Gasteiger partial charge in [-0.05, 0) is 28.7 Å². The predicted octanol–water partition coefficient (Wildman–Crippen LogP) is 3.45. The molecule has 126 valence electrons. The fourth-order valence-electron chi connectivity index (χ4n) is 3.30. The van der Waals surface area contributed by atoms with Gasteiger partial charge in [-0.25, -0.2) is 0 Å². The molecule has 2 aromatic rings. The van der Waals surface area contributed by atoms with Crippen LogP contribution in [0.3, 0.4) is 0 Å². The number of rotatable bonds is 3. The van der Waals surface area contributed by atoms with Crippen LogP contribution in [0, 0.1) is 11.3 Å². The zero-order valence-corrected chi connectivity index (χ0v) is 13.9. The lowest BCUT2D eigenvalue weighted by atomic mass is 9.95. The SMILES string of the molecule is CO/N=C/c1cccc2c1-c1c(cccc1[C@@H]1OO[C@](C)(C#N)O1)C2. The highest BCUT2D eigenvalue weighted by Crippen LogP contribution is 2.45. The molecule has 2 aliphatic rings. The maximum atomic E-state index is 9.17. The second-order valence-corrected chi connectivity index (χ2v) is 6.04. The Balaban J connectivity index is 1.83. The van der Waals surface area contributed by atoms with Gasteiger partial charge in [-0.1, -0.05) is 41.6 Å². The maximum absolute atomic E-state index is 9.17. The molecule has 6 nitrogen and oxygen atoms in total. The molecular formula is C19H16N2O4. The van der Waals surface area contributed by atoms with E-state index < -0.39 is 12.1 Å². The third kappa shape index (κ3) is 2.59. The third-order valence-corrected chi connectivity index (χ3v) is 4.38. The van der Waals surface area contributed by atoms with Gasteiger partial charge in [0, 0.05) is 18.1 Å². The lowest BCUT2D eigenvalue weighted by Crippen LogP contribution is -2.22. The average Bonchev–Trinajstić information content (AvgIpc) is 3.21. The van der Waals surface area contributed by atoms with Crippen molar-refractivity contribution in [3.63, 3.8) is 0 Å². The summed E-state index contributed by atoms with van der Waals surface area (Å²) in [5.74, 6) is -1.41. The molecule has 6 heteroatoms. The molecule has 0 spiro atoms. The molecule has 0 radical (unpaired) electrons. The second kappa shape index (κ2) is 5.97. The van der Waals surface area contributed by atoms with E-state index in [-0.39, 0.29) is 0 Å². The van der Waals surface area contributed by atoms with Crippen molar-refractivity contribution in [1.29, 1.82) is 5.26 Å². The van der Waals surface area contributed by atoms with Gasteiger partial charge in [-0.15, -0.1) is 0 Å². The molecule has 4 rings (SSSR count). The third-order valence-electron chi connectivity index (χ3n) is 4.38. The first-order chi connectivity index (χ1) is 12.1. The number of benzene rings is 2. The van der Waals surface area contributed by atoms with Crippen LogP contribution in [-0.2, 0) is 25.8 Å². The zero-order chi connectivity index (χ0) is 17.4. The van der Waals surface area contributed by atoms with Crippen LogP contribution in [0.4, 0.5) is 0 Å². The summed E-state index contributed by atoms with van der Waals surface area (Å²) in [4.78, 5) is 15.2.